The lowest BCUT2D eigenvalue weighted by atomic mass is 9.93. The number of ketones is 1. The molecule has 2 atom stereocenters. The average Bonchev–Trinajstić information content (AvgIpc) is 2.80. The van der Waals surface area contributed by atoms with E-state index in [2.05, 4.69) is 5.32 Å². The van der Waals surface area contributed by atoms with E-state index in [1.165, 1.54) is 0 Å². The van der Waals surface area contributed by atoms with E-state index in [0.29, 0.717) is 28.8 Å². The van der Waals surface area contributed by atoms with Gasteiger partial charge in [0.2, 0.25) is 0 Å². The number of nitrogens with one attached hydrogen (secondary N) is 1. The monoisotopic (exact) mass is 287 g/mol. The number of benzene rings is 1. The molecule has 0 aliphatic carbocycles. The van der Waals surface area contributed by atoms with Gasteiger partial charge in [0.15, 0.2) is 5.78 Å². The number of hydrogen-bond donors (Lipinski definition) is 1. The molecular formula is C13H15Cl2NO2. The second-order valence-corrected chi connectivity index (χ2v) is 5.06. The van der Waals surface area contributed by atoms with E-state index in [9.17, 15) is 4.79 Å². The number of Topliss-reactive ketones (excluding diaryl/α,β-unsaturated/α-hetero) is 1. The van der Waals surface area contributed by atoms with Crippen LogP contribution in [0.1, 0.15) is 17.3 Å². The summed E-state index contributed by atoms with van der Waals surface area (Å²) in [5, 5.41) is 3.99. The van der Waals surface area contributed by atoms with Crippen LogP contribution in [-0.4, -0.2) is 31.6 Å². The van der Waals surface area contributed by atoms with Gasteiger partial charge in [-0.05, 0) is 18.7 Å². The molecule has 1 heterocycles. The number of halogens is 2. The van der Waals surface area contributed by atoms with Gasteiger partial charge in [0, 0.05) is 11.6 Å². The van der Waals surface area contributed by atoms with Gasteiger partial charge in [0.25, 0.3) is 0 Å². The van der Waals surface area contributed by atoms with E-state index < -0.39 is 0 Å². The Balaban J connectivity index is 2.23. The first-order chi connectivity index (χ1) is 8.65. The Morgan fingerprint density at radius 2 is 2.22 bits per heavy atom. The van der Waals surface area contributed by atoms with E-state index in [0.717, 1.165) is 6.54 Å². The van der Waals surface area contributed by atoms with Crippen molar-refractivity contribution in [3.63, 3.8) is 0 Å². The molecule has 1 aliphatic rings. The molecule has 0 bridgehead atoms. The maximum absolute atomic E-state index is 12.4. The van der Waals surface area contributed by atoms with Crippen LogP contribution in [0.4, 0.5) is 0 Å². The molecule has 1 fully saturated rings. The molecule has 1 N–H and O–H groups in total. The number of carbonyl (C=O) groups is 1. The molecule has 2 unspecified atom stereocenters. The molecule has 0 aromatic heterocycles. The Kier molecular flexibility index (Phi) is 4.62. The van der Waals surface area contributed by atoms with Crippen LogP contribution in [0, 0.1) is 5.92 Å². The summed E-state index contributed by atoms with van der Waals surface area (Å²) in [4.78, 5) is 12.4. The molecule has 1 aliphatic heterocycles. The SMILES string of the molecule is CCNC1COCC1C(=O)c1cccc(Cl)c1Cl. The maximum atomic E-state index is 12.4. The lowest BCUT2D eigenvalue weighted by Crippen LogP contribution is -2.39. The molecule has 0 saturated carbocycles. The number of carbonyl (C=O) groups excluding carboxylic acids is 1. The quantitative estimate of drug-likeness (QED) is 0.866. The highest BCUT2D eigenvalue weighted by molar-refractivity contribution is 6.44. The van der Waals surface area contributed by atoms with Crippen molar-refractivity contribution in [3.8, 4) is 0 Å². The van der Waals surface area contributed by atoms with Crippen LogP contribution >= 0.6 is 23.2 Å². The van der Waals surface area contributed by atoms with Gasteiger partial charge in [0.05, 0.1) is 29.2 Å². The van der Waals surface area contributed by atoms with E-state index in [1.807, 2.05) is 6.92 Å². The van der Waals surface area contributed by atoms with Crippen LogP contribution in [0.15, 0.2) is 18.2 Å². The zero-order valence-electron chi connectivity index (χ0n) is 10.1. The summed E-state index contributed by atoms with van der Waals surface area (Å²) in [6, 6.07) is 5.17. The van der Waals surface area contributed by atoms with Crippen molar-refractivity contribution in [3.05, 3.63) is 33.8 Å². The maximum Gasteiger partial charge on any atom is 0.171 e. The average molecular weight is 288 g/mol. The Morgan fingerprint density at radius 3 is 2.94 bits per heavy atom. The second kappa shape index (κ2) is 6.02. The highest BCUT2D eigenvalue weighted by Crippen LogP contribution is 2.29. The molecule has 3 nitrogen and oxygen atoms in total. The van der Waals surface area contributed by atoms with Crippen LogP contribution in [0.25, 0.3) is 0 Å². The van der Waals surface area contributed by atoms with Gasteiger partial charge in [-0.2, -0.15) is 0 Å². The van der Waals surface area contributed by atoms with Crippen LogP contribution in [0.5, 0.6) is 0 Å². The van der Waals surface area contributed by atoms with E-state index >= 15 is 0 Å². The molecule has 2 rings (SSSR count). The van der Waals surface area contributed by atoms with Crippen molar-refractivity contribution in [2.24, 2.45) is 5.92 Å². The van der Waals surface area contributed by atoms with Crippen molar-refractivity contribution in [2.45, 2.75) is 13.0 Å². The van der Waals surface area contributed by atoms with Crippen molar-refractivity contribution in [1.29, 1.82) is 0 Å². The third-order valence-corrected chi connectivity index (χ3v) is 3.92. The van der Waals surface area contributed by atoms with Gasteiger partial charge in [-0.1, -0.05) is 36.2 Å². The zero-order valence-corrected chi connectivity index (χ0v) is 11.6. The van der Waals surface area contributed by atoms with Gasteiger partial charge < -0.3 is 10.1 Å². The third kappa shape index (κ3) is 2.69. The standard InChI is InChI=1S/C13H15Cl2NO2/c1-2-16-11-7-18-6-9(11)13(17)8-4-3-5-10(14)12(8)15/h3-5,9,11,16H,2,6-7H2,1H3. The predicted octanol–water partition coefficient (Wildman–Crippen LogP) is 2.80. The Hall–Kier alpha value is -0.610. The fourth-order valence-corrected chi connectivity index (χ4v) is 2.56. The summed E-state index contributed by atoms with van der Waals surface area (Å²) in [5.74, 6) is -0.202. The molecular weight excluding hydrogens is 273 g/mol. The molecule has 5 heteroatoms. The predicted molar refractivity (Wildman–Crippen MR) is 72.6 cm³/mol. The molecule has 0 spiro atoms. The Morgan fingerprint density at radius 1 is 1.44 bits per heavy atom. The minimum absolute atomic E-state index is 0.00838. The summed E-state index contributed by atoms with van der Waals surface area (Å²) < 4.78 is 5.38. The first kappa shape index (κ1) is 13.8. The molecule has 0 amide bonds. The van der Waals surface area contributed by atoms with E-state index in [-0.39, 0.29) is 17.7 Å². The summed E-state index contributed by atoms with van der Waals surface area (Å²) >= 11 is 12.0. The first-order valence-corrected chi connectivity index (χ1v) is 6.70. The minimum Gasteiger partial charge on any atom is -0.379 e. The summed E-state index contributed by atoms with van der Waals surface area (Å²) in [7, 11) is 0. The number of hydrogen-bond acceptors (Lipinski definition) is 3. The van der Waals surface area contributed by atoms with Gasteiger partial charge in [-0.3, -0.25) is 4.79 Å². The van der Waals surface area contributed by atoms with Gasteiger partial charge in [0.1, 0.15) is 0 Å². The second-order valence-electron chi connectivity index (χ2n) is 4.27. The Labute approximate surface area is 116 Å². The van der Waals surface area contributed by atoms with Crippen molar-refractivity contribution in [2.75, 3.05) is 19.8 Å². The number of likely N-dealkylation sites (N-methyl/N-ethyl adjacent to an activating group) is 1. The number of rotatable bonds is 4. The van der Waals surface area contributed by atoms with Crippen LogP contribution < -0.4 is 5.32 Å². The van der Waals surface area contributed by atoms with E-state index in [1.54, 1.807) is 18.2 Å². The molecule has 0 radical (unpaired) electrons. The van der Waals surface area contributed by atoms with E-state index in [4.69, 9.17) is 27.9 Å². The molecule has 1 saturated heterocycles. The highest BCUT2D eigenvalue weighted by atomic mass is 35.5. The fraction of sp³-hybridized carbons (Fsp3) is 0.462. The van der Waals surface area contributed by atoms with Crippen molar-refractivity contribution in [1.82, 2.24) is 5.32 Å². The van der Waals surface area contributed by atoms with Crippen LogP contribution in [0.3, 0.4) is 0 Å². The summed E-state index contributed by atoms with van der Waals surface area (Å²) in [6.07, 6.45) is 0. The van der Waals surface area contributed by atoms with Gasteiger partial charge >= 0.3 is 0 Å². The lowest BCUT2D eigenvalue weighted by Gasteiger charge is -2.17. The Bertz CT molecular complexity index is 451. The van der Waals surface area contributed by atoms with Crippen molar-refractivity contribution >= 4 is 29.0 Å². The van der Waals surface area contributed by atoms with Crippen LogP contribution in [-0.2, 0) is 4.74 Å². The molecule has 18 heavy (non-hydrogen) atoms. The van der Waals surface area contributed by atoms with Gasteiger partial charge in [-0.15, -0.1) is 0 Å². The largest absolute Gasteiger partial charge is 0.379 e. The normalized spacial score (nSPS) is 23.3. The van der Waals surface area contributed by atoms with Crippen LogP contribution in [0.2, 0.25) is 10.0 Å². The lowest BCUT2D eigenvalue weighted by molar-refractivity contribution is 0.0892. The fourth-order valence-electron chi connectivity index (χ4n) is 2.17. The smallest absolute Gasteiger partial charge is 0.171 e. The molecule has 1 aromatic carbocycles. The summed E-state index contributed by atoms with van der Waals surface area (Å²) in [5.41, 5.74) is 0.475. The van der Waals surface area contributed by atoms with Crippen molar-refractivity contribution < 1.29 is 9.53 Å². The highest BCUT2D eigenvalue weighted by Gasteiger charge is 2.34. The van der Waals surface area contributed by atoms with Gasteiger partial charge in [-0.25, -0.2) is 0 Å². The topological polar surface area (TPSA) is 38.3 Å². The molecule has 1 aromatic rings. The number of ether oxygens (including phenoxy) is 1. The summed E-state index contributed by atoms with van der Waals surface area (Å²) in [6.45, 7) is 3.80. The first-order valence-electron chi connectivity index (χ1n) is 5.94. The molecule has 98 valence electrons. The third-order valence-electron chi connectivity index (χ3n) is 3.10. The minimum atomic E-state index is -0.194. The zero-order chi connectivity index (χ0) is 13.1.